The highest BCUT2D eigenvalue weighted by Crippen LogP contribution is 2.25. The Morgan fingerprint density at radius 1 is 1.69 bits per heavy atom. The number of nitrogens with zero attached hydrogens (tertiary/aromatic N) is 2. The first-order chi connectivity index (χ1) is 6.02. The van der Waals surface area contributed by atoms with Crippen LogP contribution in [0.25, 0.3) is 0 Å². The minimum absolute atomic E-state index is 0.562. The number of carboxylic acids is 1. The lowest BCUT2D eigenvalue weighted by molar-refractivity contribution is -0.138. The van der Waals surface area contributed by atoms with Crippen LogP contribution >= 0.6 is 11.8 Å². The molecule has 1 N–H and O–H groups in total. The lowest BCUT2D eigenvalue weighted by atomic mass is 10.2. The van der Waals surface area contributed by atoms with E-state index in [0.29, 0.717) is 5.88 Å². The Morgan fingerprint density at radius 3 is 2.85 bits per heavy atom. The number of carbonyl (C=O) groups is 1. The third kappa shape index (κ3) is 2.77. The van der Waals surface area contributed by atoms with Crippen molar-refractivity contribution in [1.82, 2.24) is 9.78 Å². The highest BCUT2D eigenvalue weighted by atomic mass is 32.2. The number of thioether (sulfide) groups is 1. The molecule has 1 heterocycles. The Bertz CT molecular complexity index is 282. The molecule has 0 radical (unpaired) electrons. The van der Waals surface area contributed by atoms with Crippen LogP contribution in [0.3, 0.4) is 0 Å². The second kappa shape index (κ2) is 3.83. The van der Waals surface area contributed by atoms with Gasteiger partial charge in [0.25, 0.3) is 0 Å². The predicted molar refractivity (Wildman–Crippen MR) is 51.5 cm³/mol. The normalized spacial score (nSPS) is 11.5. The average molecular weight is 200 g/mol. The van der Waals surface area contributed by atoms with Gasteiger partial charge in [-0.3, -0.25) is 9.48 Å². The van der Waals surface area contributed by atoms with Crippen molar-refractivity contribution < 1.29 is 9.90 Å². The van der Waals surface area contributed by atoms with Gasteiger partial charge < -0.3 is 5.11 Å². The van der Waals surface area contributed by atoms with E-state index < -0.39 is 10.7 Å². The standard InChI is InChI=1S/C8H12N2O2S/c1-8(2,7(11)12)13-6-10-5-3-4-9-10/h3-5H,6H2,1-2H3,(H,11,12). The monoisotopic (exact) mass is 200 g/mol. The zero-order chi connectivity index (χ0) is 9.90. The van der Waals surface area contributed by atoms with E-state index in [1.54, 1.807) is 24.7 Å². The zero-order valence-electron chi connectivity index (χ0n) is 7.60. The Morgan fingerprint density at radius 2 is 2.38 bits per heavy atom. The highest BCUT2D eigenvalue weighted by Gasteiger charge is 2.27. The maximum atomic E-state index is 10.7. The molecule has 72 valence electrons. The van der Waals surface area contributed by atoms with Crippen molar-refractivity contribution in [3.63, 3.8) is 0 Å². The Kier molecular flexibility index (Phi) is 2.98. The fourth-order valence-corrected chi connectivity index (χ4v) is 1.40. The Labute approximate surface area is 80.9 Å². The van der Waals surface area contributed by atoms with E-state index in [4.69, 9.17) is 5.11 Å². The van der Waals surface area contributed by atoms with E-state index in [-0.39, 0.29) is 0 Å². The van der Waals surface area contributed by atoms with Crippen molar-refractivity contribution in [2.45, 2.75) is 24.5 Å². The number of hydrogen-bond acceptors (Lipinski definition) is 3. The number of carboxylic acid groups (broad SMARTS) is 1. The first-order valence-electron chi connectivity index (χ1n) is 3.87. The molecule has 0 fully saturated rings. The summed E-state index contributed by atoms with van der Waals surface area (Å²) >= 11 is 1.35. The Hall–Kier alpha value is -0.970. The third-order valence-corrected chi connectivity index (χ3v) is 2.92. The molecular formula is C8H12N2O2S. The Balaban J connectivity index is 2.47. The summed E-state index contributed by atoms with van der Waals surface area (Å²) < 4.78 is 0.946. The van der Waals surface area contributed by atoms with E-state index in [1.165, 1.54) is 11.8 Å². The molecule has 0 aromatic carbocycles. The maximum Gasteiger partial charge on any atom is 0.319 e. The smallest absolute Gasteiger partial charge is 0.319 e. The molecule has 0 spiro atoms. The van der Waals surface area contributed by atoms with Gasteiger partial charge >= 0.3 is 5.97 Å². The van der Waals surface area contributed by atoms with E-state index in [0.717, 1.165) is 0 Å². The van der Waals surface area contributed by atoms with Crippen molar-refractivity contribution in [3.05, 3.63) is 18.5 Å². The van der Waals surface area contributed by atoms with E-state index in [1.807, 2.05) is 12.3 Å². The molecule has 4 nitrogen and oxygen atoms in total. The van der Waals surface area contributed by atoms with Crippen molar-refractivity contribution in [1.29, 1.82) is 0 Å². The summed E-state index contributed by atoms with van der Waals surface area (Å²) in [6.45, 7) is 3.37. The summed E-state index contributed by atoms with van der Waals surface area (Å²) in [6, 6.07) is 1.81. The molecular weight excluding hydrogens is 188 g/mol. The summed E-state index contributed by atoms with van der Waals surface area (Å²) in [6.07, 6.45) is 3.49. The van der Waals surface area contributed by atoms with E-state index >= 15 is 0 Å². The van der Waals surface area contributed by atoms with Gasteiger partial charge in [-0.1, -0.05) is 0 Å². The van der Waals surface area contributed by atoms with Crippen LogP contribution in [0.1, 0.15) is 13.8 Å². The molecule has 0 amide bonds. The molecule has 0 aliphatic carbocycles. The van der Waals surface area contributed by atoms with Gasteiger partial charge in [0.2, 0.25) is 0 Å². The molecule has 0 unspecified atom stereocenters. The number of rotatable bonds is 4. The summed E-state index contributed by atoms with van der Waals surface area (Å²) in [5.41, 5.74) is 0. The molecule has 1 aromatic heterocycles. The predicted octanol–water partition coefficient (Wildman–Crippen LogP) is 1.44. The quantitative estimate of drug-likeness (QED) is 0.799. The molecule has 5 heteroatoms. The number of aromatic nitrogens is 2. The van der Waals surface area contributed by atoms with Gasteiger partial charge in [0.15, 0.2) is 0 Å². The van der Waals surface area contributed by atoms with Crippen LogP contribution in [-0.2, 0) is 10.7 Å². The molecule has 13 heavy (non-hydrogen) atoms. The summed E-state index contributed by atoms with van der Waals surface area (Å²) in [4.78, 5) is 10.7. The fraction of sp³-hybridized carbons (Fsp3) is 0.500. The molecule has 0 aliphatic rings. The van der Waals surface area contributed by atoms with Crippen LogP contribution in [-0.4, -0.2) is 25.6 Å². The molecule has 0 aliphatic heterocycles. The summed E-state index contributed by atoms with van der Waals surface area (Å²) in [5.74, 6) is -0.239. The van der Waals surface area contributed by atoms with Crippen molar-refractivity contribution in [3.8, 4) is 0 Å². The SMILES string of the molecule is CC(C)(SCn1cccn1)C(=O)O. The minimum atomic E-state index is -0.801. The van der Waals surface area contributed by atoms with Crippen LogP contribution in [0.15, 0.2) is 18.5 Å². The number of hydrogen-bond donors (Lipinski definition) is 1. The average Bonchev–Trinajstić information content (AvgIpc) is 2.52. The van der Waals surface area contributed by atoms with Crippen LogP contribution in [0.2, 0.25) is 0 Å². The van der Waals surface area contributed by atoms with Crippen LogP contribution < -0.4 is 0 Å². The van der Waals surface area contributed by atoms with Gasteiger partial charge in [0.05, 0.1) is 5.88 Å². The van der Waals surface area contributed by atoms with Crippen molar-refractivity contribution in [2.24, 2.45) is 0 Å². The minimum Gasteiger partial charge on any atom is -0.480 e. The fourth-order valence-electron chi connectivity index (χ4n) is 0.666. The molecule has 1 aromatic rings. The van der Waals surface area contributed by atoms with Crippen LogP contribution in [0, 0.1) is 0 Å². The molecule has 0 saturated heterocycles. The highest BCUT2D eigenvalue weighted by molar-refractivity contribution is 8.00. The van der Waals surface area contributed by atoms with Crippen molar-refractivity contribution in [2.75, 3.05) is 0 Å². The topological polar surface area (TPSA) is 55.1 Å². The van der Waals surface area contributed by atoms with Crippen molar-refractivity contribution >= 4 is 17.7 Å². The molecule has 0 atom stereocenters. The zero-order valence-corrected chi connectivity index (χ0v) is 8.41. The first-order valence-corrected chi connectivity index (χ1v) is 4.86. The van der Waals surface area contributed by atoms with Gasteiger partial charge in [-0.05, 0) is 19.9 Å². The third-order valence-electron chi connectivity index (χ3n) is 1.63. The van der Waals surface area contributed by atoms with E-state index in [9.17, 15) is 4.79 Å². The van der Waals surface area contributed by atoms with Gasteiger partial charge in [-0.2, -0.15) is 5.10 Å². The molecule has 0 saturated carbocycles. The lowest BCUT2D eigenvalue weighted by Crippen LogP contribution is -2.27. The number of aliphatic carboxylic acids is 1. The van der Waals surface area contributed by atoms with E-state index in [2.05, 4.69) is 5.10 Å². The largest absolute Gasteiger partial charge is 0.480 e. The van der Waals surface area contributed by atoms with Gasteiger partial charge in [0.1, 0.15) is 4.75 Å². The van der Waals surface area contributed by atoms with Gasteiger partial charge in [-0.15, -0.1) is 11.8 Å². The summed E-state index contributed by atoms with van der Waals surface area (Å²) in [5, 5.41) is 12.8. The first kappa shape index (κ1) is 10.1. The lowest BCUT2D eigenvalue weighted by Gasteiger charge is -2.17. The summed E-state index contributed by atoms with van der Waals surface area (Å²) in [7, 11) is 0. The second-order valence-corrected chi connectivity index (χ2v) is 4.70. The molecule has 0 bridgehead atoms. The van der Waals surface area contributed by atoms with Gasteiger partial charge in [0, 0.05) is 12.4 Å². The molecule has 1 rings (SSSR count). The maximum absolute atomic E-state index is 10.7. The van der Waals surface area contributed by atoms with Crippen LogP contribution in [0.5, 0.6) is 0 Å². The van der Waals surface area contributed by atoms with Crippen LogP contribution in [0.4, 0.5) is 0 Å². The second-order valence-electron chi connectivity index (χ2n) is 3.13. The van der Waals surface area contributed by atoms with Gasteiger partial charge in [-0.25, -0.2) is 0 Å².